The summed E-state index contributed by atoms with van der Waals surface area (Å²) in [5.41, 5.74) is 3.74. The molecule has 1 aliphatic carbocycles. The number of hydrogen-bond donors (Lipinski definition) is 0. The van der Waals surface area contributed by atoms with Gasteiger partial charge in [-0.2, -0.15) is 0 Å². The summed E-state index contributed by atoms with van der Waals surface area (Å²) in [4.78, 5) is 9.24. The highest BCUT2D eigenvalue weighted by atomic mass is 14.9. The maximum absolute atomic E-state index is 4.62. The van der Waals surface area contributed by atoms with Gasteiger partial charge in [0.25, 0.3) is 0 Å². The Morgan fingerprint density at radius 3 is 2.04 bits per heavy atom. The molecule has 1 aromatic heterocycles. The van der Waals surface area contributed by atoms with Crippen LogP contribution in [0.4, 0.5) is 0 Å². The second-order valence-electron chi connectivity index (χ2n) is 7.67. The Morgan fingerprint density at radius 2 is 1.44 bits per heavy atom. The highest BCUT2D eigenvalue weighted by Gasteiger charge is 2.19. The van der Waals surface area contributed by atoms with Crippen LogP contribution in [-0.2, 0) is 12.8 Å². The molecule has 0 bridgehead atoms. The van der Waals surface area contributed by atoms with Crippen LogP contribution in [0.15, 0.2) is 36.7 Å². The van der Waals surface area contributed by atoms with E-state index in [0.717, 1.165) is 36.1 Å². The molecule has 0 saturated heterocycles. The van der Waals surface area contributed by atoms with Crippen molar-refractivity contribution in [3.8, 4) is 11.1 Å². The van der Waals surface area contributed by atoms with Gasteiger partial charge in [0.1, 0.15) is 5.82 Å². The highest BCUT2D eigenvalue weighted by molar-refractivity contribution is 5.61. The van der Waals surface area contributed by atoms with Gasteiger partial charge in [-0.05, 0) is 35.8 Å². The lowest BCUT2D eigenvalue weighted by Crippen LogP contribution is -2.15. The SMILES string of the molecule is CCCc1ccc(-c2cnc(CC[C@H]3CC[C@H](CC)CC3)nc2)cc1. The molecule has 0 atom stereocenters. The van der Waals surface area contributed by atoms with Crippen LogP contribution in [0.5, 0.6) is 0 Å². The van der Waals surface area contributed by atoms with E-state index in [0.29, 0.717) is 0 Å². The molecular weight excluding hydrogens is 304 g/mol. The fraction of sp³-hybridized carbons (Fsp3) is 0.565. The summed E-state index contributed by atoms with van der Waals surface area (Å²) < 4.78 is 0. The molecule has 2 nitrogen and oxygen atoms in total. The lowest BCUT2D eigenvalue weighted by Gasteiger charge is -2.27. The molecule has 0 amide bonds. The van der Waals surface area contributed by atoms with Crippen molar-refractivity contribution in [2.75, 3.05) is 0 Å². The number of benzene rings is 1. The molecule has 2 heteroatoms. The minimum absolute atomic E-state index is 0.886. The molecule has 25 heavy (non-hydrogen) atoms. The molecule has 0 spiro atoms. The van der Waals surface area contributed by atoms with E-state index in [1.165, 1.54) is 56.1 Å². The molecule has 1 fully saturated rings. The summed E-state index contributed by atoms with van der Waals surface area (Å²) in [6, 6.07) is 8.82. The lowest BCUT2D eigenvalue weighted by atomic mass is 9.79. The maximum Gasteiger partial charge on any atom is 0.128 e. The summed E-state index contributed by atoms with van der Waals surface area (Å²) >= 11 is 0. The summed E-state index contributed by atoms with van der Waals surface area (Å²) in [6.07, 6.45) is 15.6. The van der Waals surface area contributed by atoms with Crippen LogP contribution in [0, 0.1) is 11.8 Å². The molecule has 2 aromatic rings. The third-order valence-corrected chi connectivity index (χ3v) is 5.85. The molecule has 3 rings (SSSR count). The first-order valence-electron chi connectivity index (χ1n) is 10.2. The topological polar surface area (TPSA) is 25.8 Å². The first kappa shape index (κ1) is 18.1. The van der Waals surface area contributed by atoms with E-state index >= 15 is 0 Å². The van der Waals surface area contributed by atoms with E-state index in [4.69, 9.17) is 0 Å². The van der Waals surface area contributed by atoms with Gasteiger partial charge in [0.2, 0.25) is 0 Å². The average Bonchev–Trinajstić information content (AvgIpc) is 2.68. The zero-order valence-electron chi connectivity index (χ0n) is 15.9. The number of aryl methyl sites for hydroxylation is 2. The fourth-order valence-corrected chi connectivity index (χ4v) is 4.05. The van der Waals surface area contributed by atoms with Crippen LogP contribution in [-0.4, -0.2) is 9.97 Å². The van der Waals surface area contributed by atoms with Gasteiger partial charge in [0.15, 0.2) is 0 Å². The zero-order chi connectivity index (χ0) is 17.5. The largest absolute Gasteiger partial charge is 0.241 e. The minimum Gasteiger partial charge on any atom is -0.241 e. The van der Waals surface area contributed by atoms with E-state index in [9.17, 15) is 0 Å². The van der Waals surface area contributed by atoms with Crippen LogP contribution in [0.3, 0.4) is 0 Å². The molecule has 134 valence electrons. The Kier molecular flexibility index (Phi) is 6.61. The average molecular weight is 337 g/mol. The Balaban J connectivity index is 1.52. The predicted octanol–water partition coefficient (Wildman–Crippen LogP) is 6.25. The molecule has 0 aliphatic heterocycles. The Bertz CT molecular complexity index is 622. The van der Waals surface area contributed by atoms with Gasteiger partial charge in [-0.3, -0.25) is 0 Å². The third-order valence-electron chi connectivity index (χ3n) is 5.85. The van der Waals surface area contributed by atoms with Gasteiger partial charge in [0, 0.05) is 24.4 Å². The molecule has 1 aliphatic rings. The quantitative estimate of drug-likeness (QED) is 0.597. The molecule has 0 radical (unpaired) electrons. The van der Waals surface area contributed by atoms with Crippen LogP contribution >= 0.6 is 0 Å². The van der Waals surface area contributed by atoms with Crippen LogP contribution in [0.1, 0.15) is 70.2 Å². The third kappa shape index (κ3) is 5.14. The number of rotatable bonds is 7. The summed E-state index contributed by atoms with van der Waals surface area (Å²) in [5.74, 6) is 2.87. The molecule has 1 saturated carbocycles. The summed E-state index contributed by atoms with van der Waals surface area (Å²) in [6.45, 7) is 4.55. The summed E-state index contributed by atoms with van der Waals surface area (Å²) in [7, 11) is 0. The van der Waals surface area contributed by atoms with E-state index < -0.39 is 0 Å². The first-order valence-corrected chi connectivity index (χ1v) is 10.2. The van der Waals surface area contributed by atoms with Gasteiger partial charge in [-0.25, -0.2) is 9.97 Å². The van der Waals surface area contributed by atoms with Crippen molar-refractivity contribution in [2.45, 2.75) is 71.6 Å². The number of hydrogen-bond acceptors (Lipinski definition) is 2. The van der Waals surface area contributed by atoms with Gasteiger partial charge >= 0.3 is 0 Å². The van der Waals surface area contributed by atoms with Gasteiger partial charge in [0.05, 0.1) is 0 Å². The molecule has 1 heterocycles. The molecule has 0 unspecified atom stereocenters. The van der Waals surface area contributed by atoms with Gasteiger partial charge < -0.3 is 0 Å². The van der Waals surface area contributed by atoms with Crippen LogP contribution in [0.2, 0.25) is 0 Å². The van der Waals surface area contributed by atoms with Crippen molar-refractivity contribution >= 4 is 0 Å². The first-order chi connectivity index (χ1) is 12.3. The van der Waals surface area contributed by atoms with E-state index in [1.807, 2.05) is 12.4 Å². The van der Waals surface area contributed by atoms with Crippen molar-refractivity contribution in [3.63, 3.8) is 0 Å². The van der Waals surface area contributed by atoms with Crippen molar-refractivity contribution in [2.24, 2.45) is 11.8 Å². The van der Waals surface area contributed by atoms with Crippen LogP contribution < -0.4 is 0 Å². The van der Waals surface area contributed by atoms with Crippen molar-refractivity contribution < 1.29 is 0 Å². The van der Waals surface area contributed by atoms with Crippen LogP contribution in [0.25, 0.3) is 11.1 Å². The number of aromatic nitrogens is 2. The smallest absolute Gasteiger partial charge is 0.128 e. The second kappa shape index (κ2) is 9.12. The zero-order valence-corrected chi connectivity index (χ0v) is 15.9. The second-order valence-corrected chi connectivity index (χ2v) is 7.67. The lowest BCUT2D eigenvalue weighted by molar-refractivity contribution is 0.258. The standard InChI is InChI=1S/C23H32N2/c1-3-5-19-10-13-21(14-11-19)22-16-24-23(25-17-22)15-12-20-8-6-18(4-2)7-9-20/h10-11,13-14,16-18,20H,3-9,12,15H2,1-2H3/t18-,20-. The van der Waals surface area contributed by atoms with Crippen molar-refractivity contribution in [1.82, 2.24) is 9.97 Å². The van der Waals surface area contributed by atoms with Gasteiger partial charge in [-0.1, -0.05) is 76.6 Å². The molecular formula is C23H32N2. The summed E-state index contributed by atoms with van der Waals surface area (Å²) in [5, 5.41) is 0. The maximum atomic E-state index is 4.62. The Morgan fingerprint density at radius 1 is 0.800 bits per heavy atom. The fourth-order valence-electron chi connectivity index (χ4n) is 4.05. The highest BCUT2D eigenvalue weighted by Crippen LogP contribution is 2.32. The molecule has 1 aromatic carbocycles. The van der Waals surface area contributed by atoms with Crippen molar-refractivity contribution in [1.29, 1.82) is 0 Å². The monoisotopic (exact) mass is 336 g/mol. The molecule has 0 N–H and O–H groups in total. The Labute approximate surface area is 153 Å². The Hall–Kier alpha value is -1.70. The van der Waals surface area contributed by atoms with E-state index in [1.54, 1.807) is 0 Å². The van der Waals surface area contributed by atoms with Gasteiger partial charge in [-0.15, -0.1) is 0 Å². The minimum atomic E-state index is 0.886. The predicted molar refractivity (Wildman–Crippen MR) is 106 cm³/mol. The van der Waals surface area contributed by atoms with E-state index in [2.05, 4.69) is 48.1 Å². The normalized spacial score (nSPS) is 20.6. The van der Waals surface area contributed by atoms with E-state index in [-0.39, 0.29) is 0 Å². The van der Waals surface area contributed by atoms with Crippen molar-refractivity contribution in [3.05, 3.63) is 48.0 Å². The number of nitrogens with zero attached hydrogens (tertiary/aromatic N) is 2.